The molecule has 12 heavy (non-hydrogen) atoms. The summed E-state index contributed by atoms with van der Waals surface area (Å²) >= 11 is -2.00. The minimum atomic E-state index is -2.00. The molecule has 0 N–H and O–H groups in total. The molecular weight excluding hydrogens is 174 g/mol. The Balaban J connectivity index is 2.34. The summed E-state index contributed by atoms with van der Waals surface area (Å²) in [6.45, 7) is 5.82. The molecule has 1 atom stereocenters. The van der Waals surface area contributed by atoms with Crippen molar-refractivity contribution in [3.8, 4) is 0 Å². The second-order valence-corrected chi connectivity index (χ2v) is 4.68. The molecule has 72 valence electrons. The summed E-state index contributed by atoms with van der Waals surface area (Å²) in [4.78, 5) is 0. The fraction of sp³-hybridized carbons (Fsp3) is 1.00. The zero-order valence-electron chi connectivity index (χ0n) is 7.66. The molecule has 1 heterocycles. The Hall–Kier alpha value is 0.0700. The van der Waals surface area contributed by atoms with Crippen molar-refractivity contribution in [2.24, 2.45) is 11.8 Å². The third kappa shape index (κ3) is 2.54. The minimum absolute atomic E-state index is 0.687. The van der Waals surface area contributed by atoms with E-state index in [-0.39, 0.29) is 0 Å². The van der Waals surface area contributed by atoms with Gasteiger partial charge in [-0.1, -0.05) is 13.8 Å². The van der Waals surface area contributed by atoms with E-state index in [1.165, 1.54) is 4.31 Å². The van der Waals surface area contributed by atoms with E-state index in [4.69, 9.17) is 0 Å². The first-order valence-electron chi connectivity index (χ1n) is 4.45. The van der Waals surface area contributed by atoms with Gasteiger partial charge in [0.1, 0.15) is 0 Å². The topological polar surface area (TPSA) is 43.4 Å². The van der Waals surface area contributed by atoms with E-state index in [2.05, 4.69) is 13.8 Å². The van der Waals surface area contributed by atoms with E-state index < -0.39 is 11.3 Å². The van der Waals surface area contributed by atoms with Crippen molar-refractivity contribution in [1.82, 2.24) is 4.31 Å². The highest BCUT2D eigenvalue weighted by atomic mass is 32.2. The van der Waals surface area contributed by atoms with E-state index >= 15 is 0 Å². The van der Waals surface area contributed by atoms with E-state index in [0.29, 0.717) is 24.9 Å². The lowest BCUT2D eigenvalue weighted by atomic mass is 9.87. The molecule has 1 aliphatic heterocycles. The van der Waals surface area contributed by atoms with Gasteiger partial charge in [0.25, 0.3) is 0 Å². The zero-order chi connectivity index (χ0) is 9.14. The Bertz CT molecular complexity index is 164. The molecule has 1 fully saturated rings. The van der Waals surface area contributed by atoms with Crippen LogP contribution in [0.2, 0.25) is 0 Å². The molecule has 0 aromatic rings. The molecule has 4 heteroatoms. The Morgan fingerprint density at radius 2 is 1.92 bits per heavy atom. The van der Waals surface area contributed by atoms with Crippen molar-refractivity contribution in [2.75, 3.05) is 13.1 Å². The first-order chi connectivity index (χ1) is 5.61. The lowest BCUT2D eigenvalue weighted by molar-refractivity contribution is 0.223. The van der Waals surface area contributed by atoms with Gasteiger partial charge in [-0.15, -0.1) is 0 Å². The molecule has 1 saturated heterocycles. The predicted octanol–water partition coefficient (Wildman–Crippen LogP) is 1.15. The van der Waals surface area contributed by atoms with Crippen molar-refractivity contribution >= 4 is 11.3 Å². The largest absolute Gasteiger partial charge is 0.760 e. The van der Waals surface area contributed by atoms with Crippen molar-refractivity contribution in [1.29, 1.82) is 0 Å². The maximum absolute atomic E-state index is 10.6. The third-order valence-electron chi connectivity index (χ3n) is 2.65. The Morgan fingerprint density at radius 1 is 1.42 bits per heavy atom. The molecule has 0 saturated carbocycles. The van der Waals surface area contributed by atoms with E-state index in [1.54, 1.807) is 0 Å². The van der Waals surface area contributed by atoms with Gasteiger partial charge in [-0.25, -0.2) is 4.31 Å². The fourth-order valence-corrected chi connectivity index (χ4v) is 2.20. The van der Waals surface area contributed by atoms with Gasteiger partial charge >= 0.3 is 0 Å². The van der Waals surface area contributed by atoms with Crippen LogP contribution in [0.15, 0.2) is 0 Å². The van der Waals surface area contributed by atoms with E-state index in [9.17, 15) is 8.76 Å². The second-order valence-electron chi connectivity index (χ2n) is 3.73. The average molecular weight is 190 g/mol. The molecule has 0 spiro atoms. The second kappa shape index (κ2) is 4.35. The molecule has 3 nitrogen and oxygen atoms in total. The third-order valence-corrected chi connectivity index (χ3v) is 3.44. The van der Waals surface area contributed by atoms with Gasteiger partial charge in [0.05, 0.1) is 0 Å². The zero-order valence-corrected chi connectivity index (χ0v) is 8.47. The van der Waals surface area contributed by atoms with Crippen LogP contribution >= 0.6 is 0 Å². The van der Waals surface area contributed by atoms with Crippen LogP contribution in [0.25, 0.3) is 0 Å². The predicted molar refractivity (Wildman–Crippen MR) is 48.1 cm³/mol. The van der Waals surface area contributed by atoms with Crippen molar-refractivity contribution in [3.05, 3.63) is 0 Å². The number of nitrogens with zero attached hydrogens (tertiary/aromatic N) is 1. The number of hydrogen-bond donors (Lipinski definition) is 0. The number of rotatable bonds is 2. The van der Waals surface area contributed by atoms with Crippen molar-refractivity contribution < 1.29 is 8.76 Å². The van der Waals surface area contributed by atoms with Crippen LogP contribution in [0, 0.1) is 11.8 Å². The highest BCUT2D eigenvalue weighted by molar-refractivity contribution is 7.76. The van der Waals surface area contributed by atoms with Gasteiger partial charge in [-0.3, -0.25) is 4.21 Å². The summed E-state index contributed by atoms with van der Waals surface area (Å²) in [5.41, 5.74) is 0. The Kier molecular flexibility index (Phi) is 3.68. The Labute approximate surface area is 76.6 Å². The maximum atomic E-state index is 10.6. The summed E-state index contributed by atoms with van der Waals surface area (Å²) in [6.07, 6.45) is 2.04. The van der Waals surface area contributed by atoms with Crippen LogP contribution in [0.3, 0.4) is 0 Å². The van der Waals surface area contributed by atoms with Gasteiger partial charge in [0, 0.05) is 24.4 Å². The summed E-state index contributed by atoms with van der Waals surface area (Å²) in [5.74, 6) is 1.40. The first-order valence-corrected chi connectivity index (χ1v) is 5.48. The molecular formula is C8H16NO2S-. The molecule has 0 bridgehead atoms. The minimum Gasteiger partial charge on any atom is -0.760 e. The summed E-state index contributed by atoms with van der Waals surface area (Å²) in [5, 5.41) is 0. The summed E-state index contributed by atoms with van der Waals surface area (Å²) < 4.78 is 22.6. The van der Waals surface area contributed by atoms with Crippen LogP contribution in [0.4, 0.5) is 0 Å². The number of hydrogen-bond acceptors (Lipinski definition) is 2. The monoisotopic (exact) mass is 190 g/mol. The molecule has 0 aromatic heterocycles. The number of piperidine rings is 1. The van der Waals surface area contributed by atoms with Crippen LogP contribution in [0.1, 0.15) is 26.7 Å². The molecule has 1 unspecified atom stereocenters. The van der Waals surface area contributed by atoms with Crippen molar-refractivity contribution in [2.45, 2.75) is 26.7 Å². The van der Waals surface area contributed by atoms with Crippen LogP contribution in [0.5, 0.6) is 0 Å². The van der Waals surface area contributed by atoms with Gasteiger partial charge in [-0.2, -0.15) is 0 Å². The SMILES string of the molecule is CC(C)C1CCN(S(=O)[O-])CC1. The molecule has 0 aromatic carbocycles. The molecule has 1 aliphatic rings. The van der Waals surface area contributed by atoms with Crippen molar-refractivity contribution in [3.63, 3.8) is 0 Å². The van der Waals surface area contributed by atoms with Crippen LogP contribution in [-0.4, -0.2) is 26.2 Å². The highest BCUT2D eigenvalue weighted by Gasteiger charge is 2.21. The quantitative estimate of drug-likeness (QED) is 0.613. The lowest BCUT2D eigenvalue weighted by Gasteiger charge is -2.34. The van der Waals surface area contributed by atoms with Gasteiger partial charge in [0.15, 0.2) is 0 Å². The lowest BCUT2D eigenvalue weighted by Crippen LogP contribution is -2.36. The smallest absolute Gasteiger partial charge is 0.0209 e. The average Bonchev–Trinajstić information content (AvgIpc) is 2.04. The molecule has 0 radical (unpaired) electrons. The van der Waals surface area contributed by atoms with Gasteiger partial charge in [0.2, 0.25) is 0 Å². The summed E-state index contributed by atoms with van der Waals surface area (Å²) in [7, 11) is 0. The molecule has 0 aliphatic carbocycles. The molecule has 0 amide bonds. The first kappa shape index (κ1) is 10.2. The fourth-order valence-electron chi connectivity index (χ4n) is 1.69. The van der Waals surface area contributed by atoms with Gasteiger partial charge < -0.3 is 4.55 Å². The summed E-state index contributed by atoms with van der Waals surface area (Å²) in [6, 6.07) is 0. The van der Waals surface area contributed by atoms with Crippen LogP contribution in [-0.2, 0) is 11.3 Å². The maximum Gasteiger partial charge on any atom is 0.0209 e. The van der Waals surface area contributed by atoms with Gasteiger partial charge in [-0.05, 0) is 24.7 Å². The standard InChI is InChI=1S/C8H17NO2S/c1-7(2)8-3-5-9(6-4-8)12(10)11/h7-8H,3-6H2,1-2H3,(H,10,11)/p-1. The van der Waals surface area contributed by atoms with Crippen LogP contribution < -0.4 is 0 Å². The normalized spacial score (nSPS) is 24.7. The Morgan fingerprint density at radius 3 is 2.25 bits per heavy atom. The highest BCUT2D eigenvalue weighted by Crippen LogP contribution is 2.24. The molecule has 1 rings (SSSR count). The van der Waals surface area contributed by atoms with E-state index in [1.807, 2.05) is 0 Å². The van der Waals surface area contributed by atoms with E-state index in [0.717, 1.165) is 12.8 Å².